The van der Waals surface area contributed by atoms with Crippen LogP contribution in [0.4, 0.5) is 17.6 Å². The highest BCUT2D eigenvalue weighted by Gasteiger charge is 2.60. The van der Waals surface area contributed by atoms with Crippen LogP contribution in [0.3, 0.4) is 0 Å². The number of hydrogen-bond donors (Lipinski definition) is 0. The summed E-state index contributed by atoms with van der Waals surface area (Å²) in [6, 6.07) is 8.25. The van der Waals surface area contributed by atoms with E-state index in [1.54, 1.807) is 6.07 Å². The quantitative estimate of drug-likeness (QED) is 0.203. The van der Waals surface area contributed by atoms with Gasteiger partial charge in [0.15, 0.2) is 17.0 Å². The summed E-state index contributed by atoms with van der Waals surface area (Å²) in [4.78, 5) is 22.3. The van der Waals surface area contributed by atoms with Gasteiger partial charge in [-0.05, 0) is 17.7 Å². The molecule has 0 saturated carbocycles. The largest absolute Gasteiger partial charge is 0.405 e. The van der Waals surface area contributed by atoms with Crippen LogP contribution in [0.15, 0.2) is 42.5 Å². The van der Waals surface area contributed by atoms with Crippen molar-refractivity contribution in [2.24, 2.45) is 0 Å². The second kappa shape index (κ2) is 7.82. The van der Waals surface area contributed by atoms with Gasteiger partial charge in [0.25, 0.3) is 0 Å². The third-order valence-corrected chi connectivity index (χ3v) is 4.59. The molecule has 0 aliphatic rings. The van der Waals surface area contributed by atoms with Crippen molar-refractivity contribution >= 4 is 29.0 Å². The number of ketones is 1. The van der Waals surface area contributed by atoms with Gasteiger partial charge in [0.2, 0.25) is 6.54 Å². The molecule has 1 unspecified atom stereocenters. The number of benzene rings is 2. The molecule has 0 radical (unpaired) electrons. The number of Topliss-reactive ketones (excluding diaryl/α,β-unsaturated/α-hetero) is 1. The number of halogens is 6. The summed E-state index contributed by atoms with van der Waals surface area (Å²) in [5.41, 5.74) is -4.04. The minimum atomic E-state index is -5.21. The van der Waals surface area contributed by atoms with Crippen LogP contribution in [0.1, 0.15) is 22.3 Å². The van der Waals surface area contributed by atoms with Crippen molar-refractivity contribution in [2.45, 2.75) is 18.0 Å². The maximum absolute atomic E-state index is 14.0. The fourth-order valence-corrected chi connectivity index (χ4v) is 3.14. The van der Waals surface area contributed by atoms with Crippen molar-refractivity contribution in [3.63, 3.8) is 0 Å². The highest BCUT2D eigenvalue weighted by Crippen LogP contribution is 2.46. The van der Waals surface area contributed by atoms with Crippen molar-refractivity contribution in [3.8, 4) is 0 Å². The first kappa shape index (κ1) is 21.1. The van der Waals surface area contributed by atoms with Gasteiger partial charge in [-0.2, -0.15) is 13.2 Å². The molecule has 0 aliphatic carbocycles. The molecule has 0 N–H and O–H groups in total. The molecule has 144 valence electrons. The highest BCUT2D eigenvalue weighted by atomic mass is 35.5. The van der Waals surface area contributed by atoms with E-state index >= 15 is 0 Å². The van der Waals surface area contributed by atoms with Crippen LogP contribution in [0.25, 0.3) is 0 Å². The summed E-state index contributed by atoms with van der Waals surface area (Å²) in [5.74, 6) is -2.13. The van der Waals surface area contributed by atoms with Gasteiger partial charge in [-0.15, -0.1) is 0 Å². The summed E-state index contributed by atoms with van der Waals surface area (Å²) in [6.07, 6.45) is -6.48. The van der Waals surface area contributed by atoms with Crippen LogP contribution in [0.2, 0.25) is 10.0 Å². The van der Waals surface area contributed by atoms with Crippen LogP contribution in [0, 0.1) is 15.9 Å². The highest BCUT2D eigenvalue weighted by molar-refractivity contribution is 6.35. The Morgan fingerprint density at radius 2 is 1.59 bits per heavy atom. The van der Waals surface area contributed by atoms with Crippen LogP contribution in [-0.4, -0.2) is 23.4 Å². The van der Waals surface area contributed by atoms with Gasteiger partial charge in [0.05, 0.1) is 10.0 Å². The number of nitrogens with zero attached hydrogens (tertiary/aromatic N) is 1. The van der Waals surface area contributed by atoms with E-state index in [-0.39, 0.29) is 5.56 Å². The summed E-state index contributed by atoms with van der Waals surface area (Å²) in [6.45, 7) is -1.65. The molecule has 0 amide bonds. The standard InChI is InChI=1S/C17H11Cl2F4NO3/c18-12-6-11(7-13(19)15(12)20)16(9-24(26)27,17(21,22)23)8-14(25)10-4-2-1-3-5-10/h1-7H,8-9H2. The number of rotatable bonds is 6. The lowest BCUT2D eigenvalue weighted by Gasteiger charge is -2.32. The Morgan fingerprint density at radius 1 is 1.07 bits per heavy atom. The van der Waals surface area contributed by atoms with Crippen LogP contribution in [0.5, 0.6) is 0 Å². The Hall–Kier alpha value is -2.19. The normalized spacial score (nSPS) is 13.9. The van der Waals surface area contributed by atoms with Gasteiger partial charge in [0.1, 0.15) is 0 Å². The molecule has 10 heteroatoms. The minimum absolute atomic E-state index is 0.0474. The van der Waals surface area contributed by atoms with E-state index < -0.39 is 56.7 Å². The topological polar surface area (TPSA) is 60.2 Å². The molecule has 0 saturated heterocycles. The summed E-state index contributed by atoms with van der Waals surface area (Å²) < 4.78 is 55.7. The second-order valence-corrected chi connectivity index (χ2v) is 6.60. The molecular formula is C17H11Cl2F4NO3. The lowest BCUT2D eigenvalue weighted by molar-refractivity contribution is -0.501. The molecule has 0 aliphatic heterocycles. The van der Waals surface area contributed by atoms with Crippen molar-refractivity contribution in [2.75, 3.05) is 6.54 Å². The van der Waals surface area contributed by atoms with Crippen molar-refractivity contribution in [1.29, 1.82) is 0 Å². The Bertz CT molecular complexity index is 851. The SMILES string of the molecule is O=C(CC(C[N+](=O)[O-])(c1cc(Cl)c(F)c(Cl)c1)C(F)(F)F)c1ccccc1. The molecule has 1 atom stereocenters. The molecule has 2 aromatic rings. The molecule has 2 aromatic carbocycles. The maximum Gasteiger partial charge on any atom is 0.405 e. The monoisotopic (exact) mass is 423 g/mol. The first-order valence-electron chi connectivity index (χ1n) is 7.40. The first-order valence-corrected chi connectivity index (χ1v) is 8.15. The molecule has 2 rings (SSSR count). The molecule has 27 heavy (non-hydrogen) atoms. The van der Waals surface area contributed by atoms with Gasteiger partial charge >= 0.3 is 6.18 Å². The Balaban J connectivity index is 2.67. The molecule has 0 aromatic heterocycles. The summed E-state index contributed by atoms with van der Waals surface area (Å²) in [7, 11) is 0. The maximum atomic E-state index is 14.0. The molecular weight excluding hydrogens is 413 g/mol. The van der Waals surface area contributed by atoms with Crippen LogP contribution in [-0.2, 0) is 5.41 Å². The van der Waals surface area contributed by atoms with E-state index in [0.29, 0.717) is 12.1 Å². The zero-order chi connectivity index (χ0) is 20.4. The van der Waals surface area contributed by atoms with Crippen LogP contribution >= 0.6 is 23.2 Å². The second-order valence-electron chi connectivity index (χ2n) is 5.79. The predicted molar refractivity (Wildman–Crippen MR) is 91.4 cm³/mol. The molecule has 4 nitrogen and oxygen atoms in total. The molecule has 0 fully saturated rings. The first-order chi connectivity index (χ1) is 12.5. The average molecular weight is 424 g/mol. The average Bonchev–Trinajstić information content (AvgIpc) is 2.57. The lowest BCUT2D eigenvalue weighted by atomic mass is 9.74. The van der Waals surface area contributed by atoms with Gasteiger partial charge in [-0.25, -0.2) is 4.39 Å². The molecule has 0 heterocycles. The Labute approximate surface area is 160 Å². The smallest absolute Gasteiger partial charge is 0.294 e. The van der Waals surface area contributed by atoms with Gasteiger partial charge < -0.3 is 0 Å². The third kappa shape index (κ3) is 4.39. The van der Waals surface area contributed by atoms with Crippen LogP contribution < -0.4 is 0 Å². The predicted octanol–water partition coefficient (Wildman–Crippen LogP) is 5.48. The number of nitro groups is 1. The van der Waals surface area contributed by atoms with Crippen molar-refractivity contribution in [3.05, 3.63) is 79.6 Å². The van der Waals surface area contributed by atoms with Gasteiger partial charge in [-0.3, -0.25) is 14.9 Å². The summed E-state index contributed by atoms with van der Waals surface area (Å²) >= 11 is 11.2. The van der Waals surface area contributed by atoms with E-state index in [0.717, 1.165) is 0 Å². The number of hydrogen-bond acceptors (Lipinski definition) is 3. The fourth-order valence-electron chi connectivity index (χ4n) is 2.66. The van der Waals surface area contributed by atoms with Crippen molar-refractivity contribution < 1.29 is 27.3 Å². The number of alkyl halides is 3. The van der Waals surface area contributed by atoms with E-state index in [1.807, 2.05) is 0 Å². The lowest BCUT2D eigenvalue weighted by Crippen LogP contribution is -2.49. The fraction of sp³-hybridized carbons (Fsp3) is 0.235. The zero-order valence-corrected chi connectivity index (χ0v) is 14.9. The van der Waals surface area contributed by atoms with E-state index in [9.17, 15) is 32.5 Å². The number of carbonyl (C=O) groups is 1. The Kier molecular flexibility index (Phi) is 6.11. The molecule has 0 spiro atoms. The number of carbonyl (C=O) groups excluding carboxylic acids is 1. The van der Waals surface area contributed by atoms with Gasteiger partial charge in [0, 0.05) is 16.9 Å². The third-order valence-electron chi connectivity index (χ3n) is 4.04. The van der Waals surface area contributed by atoms with E-state index in [2.05, 4.69) is 0 Å². The molecule has 0 bridgehead atoms. The van der Waals surface area contributed by atoms with Crippen molar-refractivity contribution in [1.82, 2.24) is 0 Å². The minimum Gasteiger partial charge on any atom is -0.294 e. The Morgan fingerprint density at radius 3 is 2.04 bits per heavy atom. The van der Waals surface area contributed by atoms with E-state index in [1.165, 1.54) is 24.3 Å². The van der Waals surface area contributed by atoms with E-state index in [4.69, 9.17) is 23.2 Å². The zero-order valence-electron chi connectivity index (χ0n) is 13.4. The van der Waals surface area contributed by atoms with Gasteiger partial charge in [-0.1, -0.05) is 53.5 Å². The summed E-state index contributed by atoms with van der Waals surface area (Å²) in [5, 5.41) is 9.57.